The summed E-state index contributed by atoms with van der Waals surface area (Å²) in [6.07, 6.45) is 4.28. The van der Waals surface area contributed by atoms with Gasteiger partial charge in [-0.1, -0.05) is 37.3 Å². The van der Waals surface area contributed by atoms with Crippen LogP contribution in [-0.2, 0) is 0 Å². The molecule has 90 valence electrons. The molecule has 18 heavy (non-hydrogen) atoms. The van der Waals surface area contributed by atoms with Gasteiger partial charge in [0.15, 0.2) is 0 Å². The van der Waals surface area contributed by atoms with Crippen LogP contribution in [0.1, 0.15) is 30.5 Å². The number of pyridine rings is 1. The highest BCUT2D eigenvalue weighted by atomic mass is 14.9. The topological polar surface area (TPSA) is 48.7 Å². The summed E-state index contributed by atoms with van der Waals surface area (Å²) in [6, 6.07) is 14.3. The van der Waals surface area contributed by atoms with Gasteiger partial charge in [-0.25, -0.2) is 0 Å². The van der Waals surface area contributed by atoms with Gasteiger partial charge >= 0.3 is 0 Å². The highest BCUT2D eigenvalue weighted by molar-refractivity contribution is 5.56. The van der Waals surface area contributed by atoms with Gasteiger partial charge < -0.3 is 5.32 Å². The molecule has 0 fully saturated rings. The molecule has 0 saturated carbocycles. The quantitative estimate of drug-likeness (QED) is 0.885. The zero-order valence-corrected chi connectivity index (χ0v) is 10.3. The number of anilines is 1. The first-order valence-electron chi connectivity index (χ1n) is 6.00. The lowest BCUT2D eigenvalue weighted by Gasteiger charge is -2.19. The maximum atomic E-state index is 9.06. The lowest BCUT2D eigenvalue weighted by atomic mass is 10.0. The Morgan fingerprint density at radius 2 is 2.06 bits per heavy atom. The van der Waals surface area contributed by atoms with Crippen molar-refractivity contribution in [3.05, 3.63) is 59.9 Å². The lowest BCUT2D eigenvalue weighted by Crippen LogP contribution is -2.10. The third-order valence-electron chi connectivity index (χ3n) is 2.88. The summed E-state index contributed by atoms with van der Waals surface area (Å²) >= 11 is 0. The van der Waals surface area contributed by atoms with Crippen molar-refractivity contribution < 1.29 is 0 Å². The molecule has 0 aliphatic rings. The SMILES string of the molecule is CCC(Nc1cnccc1C#N)c1ccccc1. The summed E-state index contributed by atoms with van der Waals surface area (Å²) in [6.45, 7) is 2.12. The standard InChI is InChI=1S/C15H15N3/c1-2-14(12-6-4-3-5-7-12)18-15-11-17-9-8-13(15)10-16/h3-9,11,14,18H,2H2,1H3. The van der Waals surface area contributed by atoms with E-state index in [1.165, 1.54) is 5.56 Å². The smallest absolute Gasteiger partial charge is 0.101 e. The Labute approximate surface area is 107 Å². The number of hydrogen-bond donors (Lipinski definition) is 1. The highest BCUT2D eigenvalue weighted by Gasteiger charge is 2.10. The first-order valence-corrected chi connectivity index (χ1v) is 6.00. The van der Waals surface area contributed by atoms with E-state index in [4.69, 9.17) is 5.26 Å². The molecule has 1 unspecified atom stereocenters. The lowest BCUT2D eigenvalue weighted by molar-refractivity contribution is 0.748. The van der Waals surface area contributed by atoms with Gasteiger partial charge in [0.25, 0.3) is 0 Å². The number of aromatic nitrogens is 1. The number of nitrogens with one attached hydrogen (secondary N) is 1. The van der Waals surface area contributed by atoms with Gasteiger partial charge in [-0.3, -0.25) is 4.98 Å². The number of hydrogen-bond acceptors (Lipinski definition) is 3. The van der Waals surface area contributed by atoms with Crippen molar-refractivity contribution >= 4 is 5.69 Å². The Morgan fingerprint density at radius 3 is 2.72 bits per heavy atom. The highest BCUT2D eigenvalue weighted by Crippen LogP contribution is 2.23. The molecule has 0 spiro atoms. The monoisotopic (exact) mass is 237 g/mol. The van der Waals surface area contributed by atoms with Crippen molar-refractivity contribution in [3.8, 4) is 6.07 Å². The third-order valence-corrected chi connectivity index (χ3v) is 2.88. The Morgan fingerprint density at radius 1 is 1.28 bits per heavy atom. The predicted octanol–water partition coefficient (Wildman–Crippen LogP) is 3.52. The number of rotatable bonds is 4. The van der Waals surface area contributed by atoms with Crippen molar-refractivity contribution in [3.63, 3.8) is 0 Å². The van der Waals surface area contributed by atoms with Crippen LogP contribution in [0.15, 0.2) is 48.8 Å². The van der Waals surface area contributed by atoms with Crippen LogP contribution in [0.5, 0.6) is 0 Å². The minimum absolute atomic E-state index is 0.197. The van der Waals surface area contributed by atoms with Gasteiger partial charge in [0, 0.05) is 6.20 Å². The van der Waals surface area contributed by atoms with Crippen molar-refractivity contribution in [1.82, 2.24) is 4.98 Å². The van der Waals surface area contributed by atoms with E-state index in [0.29, 0.717) is 5.56 Å². The molecule has 1 atom stereocenters. The molecular formula is C15H15N3. The number of nitrogens with zero attached hydrogens (tertiary/aromatic N) is 2. The summed E-state index contributed by atoms with van der Waals surface area (Å²) < 4.78 is 0. The maximum Gasteiger partial charge on any atom is 0.101 e. The van der Waals surface area contributed by atoms with E-state index in [9.17, 15) is 0 Å². The molecule has 3 heteroatoms. The van der Waals surface area contributed by atoms with Gasteiger partial charge in [0.2, 0.25) is 0 Å². The Balaban J connectivity index is 2.24. The second-order valence-electron chi connectivity index (χ2n) is 4.05. The van der Waals surface area contributed by atoms with E-state index in [2.05, 4.69) is 35.4 Å². The molecule has 0 saturated heterocycles. The van der Waals surface area contributed by atoms with Gasteiger partial charge in [-0.15, -0.1) is 0 Å². The van der Waals surface area contributed by atoms with Crippen LogP contribution in [0.2, 0.25) is 0 Å². The zero-order chi connectivity index (χ0) is 12.8. The van der Waals surface area contributed by atoms with Crippen LogP contribution in [-0.4, -0.2) is 4.98 Å². The van der Waals surface area contributed by atoms with Crippen LogP contribution < -0.4 is 5.32 Å². The summed E-state index contributed by atoms with van der Waals surface area (Å²) in [4.78, 5) is 4.06. The average molecular weight is 237 g/mol. The van der Waals surface area contributed by atoms with Gasteiger partial charge in [0.1, 0.15) is 6.07 Å². The largest absolute Gasteiger partial charge is 0.376 e. The van der Waals surface area contributed by atoms with Gasteiger partial charge in [-0.05, 0) is 18.1 Å². The van der Waals surface area contributed by atoms with Crippen LogP contribution >= 0.6 is 0 Å². The molecule has 0 aliphatic carbocycles. The van der Waals surface area contributed by atoms with Crippen molar-refractivity contribution in [2.45, 2.75) is 19.4 Å². The molecule has 0 radical (unpaired) electrons. The van der Waals surface area contributed by atoms with E-state index in [1.54, 1.807) is 18.5 Å². The second kappa shape index (κ2) is 5.83. The van der Waals surface area contributed by atoms with E-state index < -0.39 is 0 Å². The summed E-state index contributed by atoms with van der Waals surface area (Å²) in [7, 11) is 0. The second-order valence-corrected chi connectivity index (χ2v) is 4.05. The zero-order valence-electron chi connectivity index (χ0n) is 10.3. The summed E-state index contributed by atoms with van der Waals surface area (Å²) in [5.41, 5.74) is 2.63. The predicted molar refractivity (Wildman–Crippen MR) is 72.0 cm³/mol. The Hall–Kier alpha value is -2.34. The molecule has 1 aromatic heterocycles. The molecule has 0 amide bonds. The molecule has 1 heterocycles. The first kappa shape index (κ1) is 12.1. The number of nitriles is 1. The molecular weight excluding hydrogens is 222 g/mol. The summed E-state index contributed by atoms with van der Waals surface area (Å²) in [5.74, 6) is 0. The molecule has 1 aromatic carbocycles. The van der Waals surface area contributed by atoms with Crippen molar-refractivity contribution in [1.29, 1.82) is 5.26 Å². The van der Waals surface area contributed by atoms with E-state index in [1.807, 2.05) is 18.2 Å². The van der Waals surface area contributed by atoms with Gasteiger partial charge in [0.05, 0.1) is 23.5 Å². The maximum absolute atomic E-state index is 9.06. The normalized spacial score (nSPS) is 11.6. The molecule has 3 nitrogen and oxygen atoms in total. The van der Waals surface area contributed by atoms with Crippen LogP contribution in [0, 0.1) is 11.3 Å². The fourth-order valence-corrected chi connectivity index (χ4v) is 1.90. The number of benzene rings is 1. The van der Waals surface area contributed by atoms with Crippen molar-refractivity contribution in [2.24, 2.45) is 0 Å². The van der Waals surface area contributed by atoms with Crippen LogP contribution in [0.3, 0.4) is 0 Å². The average Bonchev–Trinajstić information content (AvgIpc) is 2.46. The van der Waals surface area contributed by atoms with E-state index >= 15 is 0 Å². The fourth-order valence-electron chi connectivity index (χ4n) is 1.90. The minimum Gasteiger partial charge on any atom is -0.376 e. The molecule has 1 N–H and O–H groups in total. The Bertz CT molecular complexity index is 543. The minimum atomic E-state index is 0.197. The third kappa shape index (κ3) is 2.67. The molecule has 2 aromatic rings. The molecule has 0 aliphatic heterocycles. The van der Waals surface area contributed by atoms with E-state index in [-0.39, 0.29) is 6.04 Å². The summed E-state index contributed by atoms with van der Waals surface area (Å²) in [5, 5.41) is 12.4. The Kier molecular flexibility index (Phi) is 3.93. The first-order chi connectivity index (χ1) is 8.85. The van der Waals surface area contributed by atoms with Gasteiger partial charge in [-0.2, -0.15) is 5.26 Å². The van der Waals surface area contributed by atoms with Crippen LogP contribution in [0.4, 0.5) is 5.69 Å². The van der Waals surface area contributed by atoms with Crippen molar-refractivity contribution in [2.75, 3.05) is 5.32 Å². The molecule has 2 rings (SSSR count). The van der Waals surface area contributed by atoms with Crippen LogP contribution in [0.25, 0.3) is 0 Å². The molecule has 0 bridgehead atoms. The fraction of sp³-hybridized carbons (Fsp3) is 0.200. The van der Waals surface area contributed by atoms with E-state index in [0.717, 1.165) is 12.1 Å².